The Hall–Kier alpha value is -5.48. The molecule has 0 radical (unpaired) electrons. The van der Waals surface area contributed by atoms with Crippen molar-refractivity contribution in [2.75, 3.05) is 9.80 Å². The summed E-state index contributed by atoms with van der Waals surface area (Å²) in [6.07, 6.45) is 0. The fourth-order valence-electron chi connectivity index (χ4n) is 6.07. The predicted octanol–water partition coefficient (Wildman–Crippen LogP) is 11.0. The highest BCUT2D eigenvalue weighted by Gasteiger charge is 2.25. The van der Waals surface area contributed by atoms with Crippen LogP contribution in [0.2, 0.25) is 0 Å². The highest BCUT2D eigenvalue weighted by molar-refractivity contribution is 6.06. The Bertz CT molecular complexity index is 1900. The first kappa shape index (κ1) is 27.4. The smallest absolute Gasteiger partial charge is 0.116 e. The van der Waals surface area contributed by atoms with E-state index in [9.17, 15) is 0 Å². The van der Waals surface area contributed by atoms with E-state index in [4.69, 9.17) is 9.97 Å². The summed E-state index contributed by atoms with van der Waals surface area (Å²) in [4.78, 5) is 15.4. The van der Waals surface area contributed by atoms with Crippen molar-refractivity contribution in [1.29, 1.82) is 0 Å². The van der Waals surface area contributed by atoms with Gasteiger partial charge >= 0.3 is 0 Å². The third-order valence-electron chi connectivity index (χ3n) is 8.36. The summed E-state index contributed by atoms with van der Waals surface area (Å²) in [5.74, 6) is 0. The average molecular weight is 571 g/mol. The molecule has 0 atom stereocenters. The van der Waals surface area contributed by atoms with Gasteiger partial charge < -0.3 is 9.80 Å². The number of rotatable bonds is 6. The zero-order valence-corrected chi connectivity index (χ0v) is 25.5. The van der Waals surface area contributed by atoms with Gasteiger partial charge in [0.05, 0.1) is 22.4 Å². The highest BCUT2D eigenvalue weighted by atomic mass is 15.2. The summed E-state index contributed by atoms with van der Waals surface area (Å²) >= 11 is 0. The number of hydrogen-bond donors (Lipinski definition) is 0. The van der Waals surface area contributed by atoms with Crippen LogP contribution in [0.3, 0.4) is 0 Å². The number of aryl methyl sites for hydroxylation is 4. The van der Waals surface area contributed by atoms with Crippen LogP contribution < -0.4 is 9.80 Å². The molecule has 0 saturated carbocycles. The molecule has 0 aliphatic carbocycles. The highest BCUT2D eigenvalue weighted by Crippen LogP contribution is 2.46. The molecule has 214 valence electrons. The number of aromatic nitrogens is 2. The lowest BCUT2D eigenvalue weighted by Crippen LogP contribution is -2.16. The minimum absolute atomic E-state index is 0.847. The van der Waals surface area contributed by atoms with E-state index >= 15 is 0 Å². The lowest BCUT2D eigenvalue weighted by molar-refractivity contribution is 1.20. The number of fused-ring (bicyclic) bond motifs is 2. The summed E-state index contributed by atoms with van der Waals surface area (Å²) in [5, 5.41) is 0. The van der Waals surface area contributed by atoms with Gasteiger partial charge in [-0.25, -0.2) is 9.97 Å². The van der Waals surface area contributed by atoms with Crippen LogP contribution in [-0.4, -0.2) is 9.97 Å². The third kappa shape index (κ3) is 4.75. The van der Waals surface area contributed by atoms with Gasteiger partial charge in [0, 0.05) is 22.7 Å². The number of para-hydroxylation sites is 6. The van der Waals surface area contributed by atoms with Crippen molar-refractivity contribution >= 4 is 56.2 Å². The standard InChI is InChI=1S/C40H34N4/c1-27-15-5-11-21-33(27)43(34-22-12-6-16-28(34)2)37-25-26-38(40-39(37)41-31-19-9-10-20-32(31)42-40)44(35-23-13-7-17-29(35)3)36-24-14-8-18-30(36)4/h5-26H,1-4H3. The lowest BCUT2D eigenvalue weighted by Gasteiger charge is -2.32. The summed E-state index contributed by atoms with van der Waals surface area (Å²) in [5.41, 5.74) is 14.6. The molecule has 0 unspecified atom stereocenters. The summed E-state index contributed by atoms with van der Waals surface area (Å²) in [6.45, 7) is 8.65. The van der Waals surface area contributed by atoms with E-state index in [1.165, 1.54) is 22.3 Å². The molecule has 7 rings (SSSR count). The van der Waals surface area contributed by atoms with Gasteiger partial charge in [-0.3, -0.25) is 0 Å². The van der Waals surface area contributed by atoms with Crippen molar-refractivity contribution in [2.24, 2.45) is 0 Å². The first-order chi connectivity index (χ1) is 21.5. The molecule has 0 saturated heterocycles. The van der Waals surface area contributed by atoms with Crippen LogP contribution in [0.4, 0.5) is 34.1 Å². The van der Waals surface area contributed by atoms with Crippen molar-refractivity contribution in [3.8, 4) is 0 Å². The second-order valence-corrected chi connectivity index (χ2v) is 11.3. The van der Waals surface area contributed by atoms with E-state index in [0.29, 0.717) is 0 Å². The average Bonchev–Trinajstić information content (AvgIpc) is 3.04. The molecular weight excluding hydrogens is 536 g/mol. The molecular formula is C40H34N4. The number of anilines is 6. The fourth-order valence-corrected chi connectivity index (χ4v) is 6.07. The Morgan fingerprint density at radius 3 is 0.886 bits per heavy atom. The Balaban J connectivity index is 1.60. The monoisotopic (exact) mass is 570 g/mol. The van der Waals surface area contributed by atoms with Crippen molar-refractivity contribution in [1.82, 2.24) is 9.97 Å². The van der Waals surface area contributed by atoms with E-state index < -0.39 is 0 Å². The molecule has 0 fully saturated rings. The molecule has 4 nitrogen and oxygen atoms in total. The van der Waals surface area contributed by atoms with Gasteiger partial charge in [-0.2, -0.15) is 0 Å². The topological polar surface area (TPSA) is 32.3 Å². The SMILES string of the molecule is Cc1ccccc1N(c1ccccc1C)c1ccc(N(c2ccccc2C)c2ccccc2C)c2nc3ccccc3nc12. The van der Waals surface area contributed by atoms with Gasteiger partial charge in [-0.05, 0) is 98.5 Å². The van der Waals surface area contributed by atoms with Gasteiger partial charge in [-0.15, -0.1) is 0 Å². The third-order valence-corrected chi connectivity index (χ3v) is 8.36. The van der Waals surface area contributed by atoms with Gasteiger partial charge in [0.2, 0.25) is 0 Å². The number of hydrogen-bond acceptors (Lipinski definition) is 4. The summed E-state index contributed by atoms with van der Waals surface area (Å²) in [7, 11) is 0. The summed E-state index contributed by atoms with van der Waals surface area (Å²) < 4.78 is 0. The van der Waals surface area contributed by atoms with Crippen molar-refractivity contribution in [3.05, 3.63) is 156 Å². The Kier molecular flexibility index (Phi) is 7.03. The van der Waals surface area contributed by atoms with Crippen LogP contribution in [0.25, 0.3) is 22.1 Å². The van der Waals surface area contributed by atoms with Gasteiger partial charge in [-0.1, -0.05) is 84.9 Å². The largest absolute Gasteiger partial charge is 0.308 e. The molecule has 1 heterocycles. The minimum atomic E-state index is 0.847. The maximum absolute atomic E-state index is 5.35. The normalized spacial score (nSPS) is 11.2. The number of nitrogens with zero attached hydrogens (tertiary/aromatic N) is 4. The number of benzene rings is 6. The first-order valence-electron chi connectivity index (χ1n) is 15.0. The lowest BCUT2D eigenvalue weighted by atomic mass is 10.0. The predicted molar refractivity (Wildman–Crippen MR) is 185 cm³/mol. The van der Waals surface area contributed by atoms with E-state index in [1.54, 1.807) is 0 Å². The summed E-state index contributed by atoms with van der Waals surface area (Å²) in [6, 6.07) is 46.7. The van der Waals surface area contributed by atoms with Crippen LogP contribution in [0, 0.1) is 27.7 Å². The molecule has 0 bridgehead atoms. The zero-order chi connectivity index (χ0) is 30.2. The van der Waals surface area contributed by atoms with Crippen LogP contribution in [-0.2, 0) is 0 Å². The van der Waals surface area contributed by atoms with Gasteiger partial charge in [0.25, 0.3) is 0 Å². The first-order valence-corrected chi connectivity index (χ1v) is 15.0. The Morgan fingerprint density at radius 2 is 0.591 bits per heavy atom. The second-order valence-electron chi connectivity index (χ2n) is 11.3. The molecule has 0 amide bonds. The molecule has 4 heteroatoms. The van der Waals surface area contributed by atoms with Crippen molar-refractivity contribution < 1.29 is 0 Å². The molecule has 0 aliphatic heterocycles. The maximum atomic E-state index is 5.35. The van der Waals surface area contributed by atoms with E-state index in [1.807, 2.05) is 24.3 Å². The second kappa shape index (κ2) is 11.3. The van der Waals surface area contributed by atoms with E-state index in [-0.39, 0.29) is 0 Å². The van der Waals surface area contributed by atoms with Crippen LogP contribution in [0.1, 0.15) is 22.3 Å². The van der Waals surface area contributed by atoms with Crippen LogP contribution >= 0.6 is 0 Å². The molecule has 44 heavy (non-hydrogen) atoms. The Labute approximate surface area is 258 Å². The quantitative estimate of drug-likeness (QED) is 0.186. The maximum Gasteiger partial charge on any atom is 0.116 e. The molecule has 6 aromatic carbocycles. The molecule has 1 aromatic heterocycles. The van der Waals surface area contributed by atoms with Gasteiger partial charge in [0.1, 0.15) is 11.0 Å². The van der Waals surface area contributed by atoms with Crippen molar-refractivity contribution in [2.45, 2.75) is 27.7 Å². The zero-order valence-electron chi connectivity index (χ0n) is 25.5. The van der Waals surface area contributed by atoms with E-state index in [2.05, 4.69) is 147 Å². The Morgan fingerprint density at radius 1 is 0.318 bits per heavy atom. The molecule has 7 aromatic rings. The molecule has 0 N–H and O–H groups in total. The van der Waals surface area contributed by atoms with Gasteiger partial charge in [0.15, 0.2) is 0 Å². The fraction of sp³-hybridized carbons (Fsp3) is 0.100. The van der Waals surface area contributed by atoms with Crippen LogP contribution in [0.15, 0.2) is 133 Å². The van der Waals surface area contributed by atoms with E-state index in [0.717, 1.165) is 56.2 Å². The van der Waals surface area contributed by atoms with Crippen LogP contribution in [0.5, 0.6) is 0 Å². The molecule has 0 aliphatic rings. The van der Waals surface area contributed by atoms with Crippen molar-refractivity contribution in [3.63, 3.8) is 0 Å². The minimum Gasteiger partial charge on any atom is -0.308 e. The molecule has 0 spiro atoms.